The average molecular weight is 281 g/mol. The summed E-state index contributed by atoms with van der Waals surface area (Å²) in [5.74, 6) is 0.838. The zero-order valence-electron chi connectivity index (χ0n) is 12.8. The first-order valence-corrected chi connectivity index (χ1v) is 7.92. The lowest BCUT2D eigenvalue weighted by Crippen LogP contribution is -2.04. The first-order chi connectivity index (χ1) is 10.3. The van der Waals surface area contributed by atoms with Crippen LogP contribution in [0, 0.1) is 17.2 Å². The maximum Gasteiger partial charge on any atom is 0.0991 e. The molecule has 0 amide bonds. The van der Waals surface area contributed by atoms with E-state index in [0.717, 1.165) is 30.1 Å². The Kier molecular flexibility index (Phi) is 6.15. The van der Waals surface area contributed by atoms with E-state index < -0.39 is 0 Å². The molecular weight excluding hydrogens is 258 g/mol. The van der Waals surface area contributed by atoms with Crippen LogP contribution >= 0.6 is 0 Å². The van der Waals surface area contributed by atoms with Gasteiger partial charge in [0.15, 0.2) is 0 Å². The molecule has 0 N–H and O–H groups in total. The molecule has 1 aliphatic rings. The molecule has 21 heavy (non-hydrogen) atoms. The van der Waals surface area contributed by atoms with E-state index in [4.69, 9.17) is 5.26 Å². The standard InChI is InChI=1S/C18H23N3/c1-2-3-4-5-15-6-10-17(11-7-15)20-21-18-12-8-16(14-19)9-13-18/h8-10,12-13,15H,2-7,11H2,1H3. The van der Waals surface area contributed by atoms with Crippen molar-refractivity contribution in [1.29, 1.82) is 5.26 Å². The SMILES string of the molecule is CCCCCC1CC=C(N=Nc2ccc(C#N)cc2)CC1. The van der Waals surface area contributed by atoms with Gasteiger partial charge in [0, 0.05) is 0 Å². The maximum absolute atomic E-state index is 8.75. The molecule has 0 radical (unpaired) electrons. The van der Waals surface area contributed by atoms with Gasteiger partial charge in [0.1, 0.15) is 0 Å². The molecule has 2 rings (SSSR count). The largest absolute Gasteiger partial charge is 0.192 e. The van der Waals surface area contributed by atoms with Crippen molar-refractivity contribution in [2.75, 3.05) is 0 Å². The van der Waals surface area contributed by atoms with Gasteiger partial charge in [-0.2, -0.15) is 15.5 Å². The van der Waals surface area contributed by atoms with Crippen LogP contribution in [-0.4, -0.2) is 0 Å². The van der Waals surface area contributed by atoms with Crippen molar-refractivity contribution in [2.24, 2.45) is 16.1 Å². The normalized spacial score (nSPS) is 18.5. The Morgan fingerprint density at radius 1 is 1.19 bits per heavy atom. The molecule has 1 aromatic rings. The highest BCUT2D eigenvalue weighted by molar-refractivity contribution is 5.42. The van der Waals surface area contributed by atoms with Crippen LogP contribution in [0.4, 0.5) is 5.69 Å². The third-order valence-electron chi connectivity index (χ3n) is 4.00. The second-order valence-corrected chi connectivity index (χ2v) is 5.69. The molecule has 0 heterocycles. The molecule has 0 fully saturated rings. The Balaban J connectivity index is 1.83. The van der Waals surface area contributed by atoms with Gasteiger partial charge in [-0.1, -0.05) is 38.7 Å². The lowest BCUT2D eigenvalue weighted by molar-refractivity contribution is 0.415. The summed E-state index contributed by atoms with van der Waals surface area (Å²) in [5, 5.41) is 17.3. The lowest BCUT2D eigenvalue weighted by atomic mass is 9.88. The van der Waals surface area contributed by atoms with Crippen molar-refractivity contribution >= 4 is 5.69 Å². The zero-order valence-corrected chi connectivity index (χ0v) is 12.8. The summed E-state index contributed by atoms with van der Waals surface area (Å²) in [6, 6.07) is 9.31. The third-order valence-corrected chi connectivity index (χ3v) is 4.00. The van der Waals surface area contributed by atoms with Crippen molar-refractivity contribution < 1.29 is 0 Å². The highest BCUT2D eigenvalue weighted by Gasteiger charge is 2.13. The molecule has 1 aliphatic carbocycles. The fourth-order valence-corrected chi connectivity index (χ4v) is 2.64. The van der Waals surface area contributed by atoms with Crippen LogP contribution in [0.15, 0.2) is 46.3 Å². The summed E-state index contributed by atoms with van der Waals surface area (Å²) in [5.41, 5.74) is 2.56. The number of azo groups is 1. The second-order valence-electron chi connectivity index (χ2n) is 5.69. The van der Waals surface area contributed by atoms with Crippen LogP contribution in [0.3, 0.4) is 0 Å². The van der Waals surface area contributed by atoms with Gasteiger partial charge in [0.2, 0.25) is 0 Å². The van der Waals surface area contributed by atoms with Crippen molar-refractivity contribution in [3.63, 3.8) is 0 Å². The van der Waals surface area contributed by atoms with Gasteiger partial charge in [0.25, 0.3) is 0 Å². The molecular formula is C18H23N3. The molecule has 0 saturated heterocycles. The fraction of sp³-hybridized carbons (Fsp3) is 0.500. The van der Waals surface area contributed by atoms with E-state index in [0.29, 0.717) is 5.56 Å². The Labute approximate surface area is 127 Å². The maximum atomic E-state index is 8.75. The number of hydrogen-bond donors (Lipinski definition) is 0. The molecule has 3 heteroatoms. The van der Waals surface area contributed by atoms with E-state index in [1.807, 2.05) is 12.1 Å². The van der Waals surface area contributed by atoms with E-state index in [1.54, 1.807) is 12.1 Å². The van der Waals surface area contributed by atoms with E-state index in [1.165, 1.54) is 32.1 Å². The van der Waals surface area contributed by atoms with E-state index in [-0.39, 0.29) is 0 Å². The summed E-state index contributed by atoms with van der Waals surface area (Å²) in [4.78, 5) is 0. The highest BCUT2D eigenvalue weighted by atomic mass is 15.1. The molecule has 1 unspecified atom stereocenters. The minimum atomic E-state index is 0.653. The average Bonchev–Trinajstić information content (AvgIpc) is 2.55. The Hall–Kier alpha value is -1.95. The van der Waals surface area contributed by atoms with Crippen LogP contribution in [0.25, 0.3) is 0 Å². The number of unbranched alkanes of at least 4 members (excludes halogenated alkanes) is 2. The smallest absolute Gasteiger partial charge is 0.0991 e. The van der Waals surface area contributed by atoms with Crippen LogP contribution in [0.2, 0.25) is 0 Å². The summed E-state index contributed by atoms with van der Waals surface area (Å²) < 4.78 is 0. The summed E-state index contributed by atoms with van der Waals surface area (Å²) in [6.07, 6.45) is 11.0. The molecule has 0 saturated carbocycles. The van der Waals surface area contributed by atoms with Crippen LogP contribution < -0.4 is 0 Å². The van der Waals surface area contributed by atoms with Crippen LogP contribution in [-0.2, 0) is 0 Å². The summed E-state index contributed by atoms with van der Waals surface area (Å²) >= 11 is 0. The molecule has 0 spiro atoms. The quantitative estimate of drug-likeness (QED) is 0.472. The molecule has 3 nitrogen and oxygen atoms in total. The molecule has 0 bridgehead atoms. The van der Waals surface area contributed by atoms with E-state index >= 15 is 0 Å². The van der Waals surface area contributed by atoms with Gasteiger partial charge in [-0.25, -0.2) is 0 Å². The zero-order chi connectivity index (χ0) is 14.9. The number of allylic oxidation sites excluding steroid dienone is 2. The summed E-state index contributed by atoms with van der Waals surface area (Å²) in [6.45, 7) is 2.25. The lowest BCUT2D eigenvalue weighted by Gasteiger charge is -2.19. The van der Waals surface area contributed by atoms with Gasteiger partial charge >= 0.3 is 0 Å². The minimum Gasteiger partial charge on any atom is -0.192 e. The Morgan fingerprint density at radius 3 is 2.62 bits per heavy atom. The number of rotatable bonds is 6. The van der Waals surface area contributed by atoms with Gasteiger partial charge in [-0.05, 0) is 49.4 Å². The van der Waals surface area contributed by atoms with Gasteiger partial charge in [0.05, 0.1) is 23.0 Å². The molecule has 1 atom stereocenters. The highest BCUT2D eigenvalue weighted by Crippen LogP contribution is 2.29. The molecule has 1 aromatic carbocycles. The van der Waals surface area contributed by atoms with Crippen molar-refractivity contribution in [1.82, 2.24) is 0 Å². The predicted molar refractivity (Wildman–Crippen MR) is 85.2 cm³/mol. The first kappa shape index (κ1) is 15.4. The van der Waals surface area contributed by atoms with E-state index in [9.17, 15) is 0 Å². The number of benzene rings is 1. The second kappa shape index (κ2) is 8.36. The Morgan fingerprint density at radius 2 is 2.00 bits per heavy atom. The number of nitrogens with zero attached hydrogens (tertiary/aromatic N) is 3. The first-order valence-electron chi connectivity index (χ1n) is 7.92. The predicted octanol–water partition coefficient (Wildman–Crippen LogP) is 5.91. The number of hydrogen-bond acceptors (Lipinski definition) is 3. The topological polar surface area (TPSA) is 48.5 Å². The van der Waals surface area contributed by atoms with Gasteiger partial charge in [-0.15, -0.1) is 0 Å². The van der Waals surface area contributed by atoms with Gasteiger partial charge in [-0.3, -0.25) is 0 Å². The Bertz CT molecular complexity index is 535. The monoisotopic (exact) mass is 281 g/mol. The number of nitriles is 1. The molecule has 110 valence electrons. The molecule has 0 aromatic heterocycles. The van der Waals surface area contributed by atoms with Crippen LogP contribution in [0.5, 0.6) is 0 Å². The van der Waals surface area contributed by atoms with Gasteiger partial charge < -0.3 is 0 Å². The van der Waals surface area contributed by atoms with Crippen molar-refractivity contribution in [3.8, 4) is 6.07 Å². The van der Waals surface area contributed by atoms with E-state index in [2.05, 4.69) is 29.3 Å². The minimum absolute atomic E-state index is 0.653. The molecule has 0 aliphatic heterocycles. The summed E-state index contributed by atoms with van der Waals surface area (Å²) in [7, 11) is 0. The third kappa shape index (κ3) is 5.15. The van der Waals surface area contributed by atoms with Crippen molar-refractivity contribution in [3.05, 3.63) is 41.6 Å². The fourth-order valence-electron chi connectivity index (χ4n) is 2.64. The van der Waals surface area contributed by atoms with Crippen LogP contribution in [0.1, 0.15) is 57.4 Å². The van der Waals surface area contributed by atoms with Crippen molar-refractivity contribution in [2.45, 2.75) is 51.9 Å².